The van der Waals surface area contributed by atoms with E-state index < -0.39 is 247 Å². The molecule has 0 bridgehead atoms. The first kappa shape index (κ1) is 109. The highest BCUT2D eigenvalue weighted by atomic mass is 32.2. The number of nitrogens with two attached hydrogens (primary N) is 3. The average Bonchev–Trinajstić information content (AvgIpc) is 1.80. The number of H-pyrrole nitrogens is 3. The number of para-hydroxylation sites is 2. The van der Waals surface area contributed by atoms with E-state index in [2.05, 4.69) is 73.1 Å². The highest BCUT2D eigenvalue weighted by Gasteiger charge is 2.44. The third-order valence-electron chi connectivity index (χ3n) is 23.5. The summed E-state index contributed by atoms with van der Waals surface area (Å²) < 4.78 is 29.4. The molecule has 13 atom stereocenters. The van der Waals surface area contributed by atoms with Crippen molar-refractivity contribution in [1.29, 1.82) is 5.41 Å². The van der Waals surface area contributed by atoms with Gasteiger partial charge in [0.1, 0.15) is 72.5 Å². The van der Waals surface area contributed by atoms with Gasteiger partial charge in [-0.25, -0.2) is 13.8 Å². The van der Waals surface area contributed by atoms with E-state index in [0.29, 0.717) is 76.1 Å². The number of aromatic nitrogens is 4. The molecule has 21 N–H and O–H groups in total. The highest BCUT2D eigenvalue weighted by Crippen LogP contribution is 2.28. The fourth-order valence-corrected chi connectivity index (χ4v) is 17.0. The van der Waals surface area contributed by atoms with E-state index >= 15 is 24.0 Å². The van der Waals surface area contributed by atoms with Gasteiger partial charge in [-0.1, -0.05) is 103 Å². The first-order chi connectivity index (χ1) is 63.7. The van der Waals surface area contributed by atoms with Crippen molar-refractivity contribution in [2.45, 2.75) is 224 Å². The van der Waals surface area contributed by atoms with Gasteiger partial charge in [-0.15, -0.1) is 11.8 Å². The number of hydrogen-bond acceptors (Lipinski definition) is 21. The van der Waals surface area contributed by atoms with Crippen LogP contribution >= 0.6 is 11.8 Å². The largest absolute Gasteiger partial charge is 0.394 e. The van der Waals surface area contributed by atoms with Gasteiger partial charge in [0.05, 0.1) is 38.2 Å². The number of imidazole rings is 1. The van der Waals surface area contributed by atoms with Crippen molar-refractivity contribution in [2.24, 2.45) is 29.0 Å². The predicted molar refractivity (Wildman–Crippen MR) is 497 cm³/mol. The van der Waals surface area contributed by atoms with Crippen LogP contribution in [0.25, 0.3) is 21.8 Å². The molecular weight excluding hydrogens is 1770 g/mol. The summed E-state index contributed by atoms with van der Waals surface area (Å²) in [7, 11) is 5.12. The Morgan fingerprint density at radius 1 is 0.585 bits per heavy atom. The number of likely N-dealkylation sites (N-methyl/N-ethyl adjacent to an activating group) is 4. The summed E-state index contributed by atoms with van der Waals surface area (Å²) in [6.45, 7) is 5.76. The van der Waals surface area contributed by atoms with Gasteiger partial charge in [-0.3, -0.25) is 86.9 Å². The lowest BCUT2D eigenvalue weighted by molar-refractivity contribution is -0.149. The molecule has 44 heteroatoms. The van der Waals surface area contributed by atoms with Gasteiger partial charge in [0.15, 0.2) is 23.4 Å². The number of hydrogen-bond donors (Lipinski definition) is 18. The lowest BCUT2D eigenvalue weighted by Crippen LogP contribution is -2.61. The minimum atomic E-state index is -1.83. The number of carbonyl (C=O) groups excluding carboxylic acids is 17. The number of primary amides is 2. The van der Waals surface area contributed by atoms with Gasteiger partial charge in [-0.2, -0.15) is 0 Å². The van der Waals surface area contributed by atoms with Crippen molar-refractivity contribution in [3.63, 3.8) is 0 Å². The number of amides is 16. The number of benzene rings is 3. The third kappa shape index (κ3) is 31.3. The molecule has 0 spiro atoms. The van der Waals surface area contributed by atoms with Crippen LogP contribution in [0.3, 0.4) is 0 Å². The lowest BCUT2D eigenvalue weighted by Gasteiger charge is -2.36. The number of halogens is 2. The second-order valence-corrected chi connectivity index (χ2v) is 35.3. The molecule has 41 nitrogen and oxygen atoms in total. The number of rotatable bonds is 26. The number of aromatic amines is 3. The average molecular weight is 1900 g/mol. The summed E-state index contributed by atoms with van der Waals surface area (Å²) in [5.41, 5.74) is 19.4. The molecule has 2 fully saturated rings. The highest BCUT2D eigenvalue weighted by molar-refractivity contribution is 8.00. The number of thioether (sulfide) groups is 1. The van der Waals surface area contributed by atoms with Gasteiger partial charge in [-0.05, 0) is 105 Å². The number of guanidine groups is 1. The standard InChI is InChI=1S/C90H125F2N23O18S.CH4/c1-10-12-25-71-83(127)104-63(24-18-30-98-90(95)96)80(124)110-70(79(123)101-43-75(94)119)46-134-47-76(120)103-66(34-51-28-29-59(91)60(92)33-51)86(130)112(7)50(5)77(121)106-68(39-74(93)118)88(132)115-31-19-27-72(115)84(128)105-64(38-55-42-97-48-102-55)81(125)107-65(32-49(3)4)85(129)111(6)44-56(117)36-52(35-53-40-99-61-22-16-14-20-57(53)61)78(122)109-69(45-116)82(126)108-67(37-54-41-100-62-23-17-15-21-58(54)62)87(131)114(9)73(26-13-11-2)89(133)113(71)8;/h14-17,20-23,28-29,33,40-42,48-50,52,63-73,99-100,116H,10-13,18-19,24-27,30-32,34-39,43-47H2,1-9H3,(H2,93,118)(H2,94,119)(H,97,102)(H,101,123)(H,103,120)(H,104,127)(H,105,128)(H,106,121)(H,107,125)(H,108,126)(H,109,122)(H,110,124)(H4,95,96,98);1H4/t50-,52+,63-,64-,65-,66-,67-,68-,69-,70-,71-,72-,73-;/m0./s1. The van der Waals surface area contributed by atoms with Crippen LogP contribution in [0, 0.1) is 28.9 Å². The van der Waals surface area contributed by atoms with Crippen molar-refractivity contribution in [2.75, 3.05) is 72.5 Å². The van der Waals surface area contributed by atoms with Crippen LogP contribution in [0.15, 0.2) is 91.6 Å². The fourth-order valence-electron chi connectivity index (χ4n) is 16.1. The summed E-state index contributed by atoms with van der Waals surface area (Å²) in [5, 5.41) is 46.4. The molecule has 0 aliphatic carbocycles. The summed E-state index contributed by atoms with van der Waals surface area (Å²) >= 11 is 0.692. The number of nitrogens with zero attached hydrogens (tertiary/aromatic N) is 6. The first-order valence-electron chi connectivity index (χ1n) is 44.6. The molecule has 8 rings (SSSR count). The number of aliphatic hydroxyl groups excluding tert-OH is 1. The van der Waals surface area contributed by atoms with E-state index in [9.17, 15) is 71.4 Å². The van der Waals surface area contributed by atoms with E-state index in [1.54, 1.807) is 74.8 Å². The van der Waals surface area contributed by atoms with E-state index in [0.717, 1.165) is 49.7 Å². The van der Waals surface area contributed by atoms with E-state index in [4.69, 9.17) is 22.6 Å². The van der Waals surface area contributed by atoms with Crippen molar-refractivity contribution < 1.29 is 95.4 Å². The van der Waals surface area contributed by atoms with Crippen LogP contribution in [0.5, 0.6) is 0 Å². The second-order valence-electron chi connectivity index (χ2n) is 34.2. The van der Waals surface area contributed by atoms with Crippen molar-refractivity contribution in [3.8, 4) is 0 Å². The maximum absolute atomic E-state index is 15.7. The maximum Gasteiger partial charge on any atom is 0.246 e. The number of Topliss-reactive ketones (excluding diaryl/α,β-unsaturated/α-hetero) is 1. The smallest absolute Gasteiger partial charge is 0.246 e. The molecule has 5 heterocycles. The molecule has 0 unspecified atom stereocenters. The maximum atomic E-state index is 15.7. The van der Waals surface area contributed by atoms with Gasteiger partial charge in [0.2, 0.25) is 94.5 Å². The number of ketones is 1. The predicted octanol–water partition coefficient (Wildman–Crippen LogP) is -0.133. The van der Waals surface area contributed by atoms with Crippen LogP contribution in [0.1, 0.15) is 148 Å². The Bertz CT molecular complexity index is 5190. The number of unbranched alkanes of at least 4 members (excludes halogenated alkanes) is 2. The number of nitrogens with one attached hydrogen (secondary N) is 14. The summed E-state index contributed by atoms with van der Waals surface area (Å²) in [5.74, 6) is -21.8. The van der Waals surface area contributed by atoms with Crippen LogP contribution in [0.4, 0.5) is 8.78 Å². The van der Waals surface area contributed by atoms with Crippen LogP contribution in [-0.2, 0) is 107 Å². The summed E-state index contributed by atoms with van der Waals surface area (Å²) in [4.78, 5) is 267. The topological polar surface area (TPSA) is 609 Å². The summed E-state index contributed by atoms with van der Waals surface area (Å²) in [6.07, 6.45) is 4.72. The number of fused-ring (bicyclic) bond motifs is 3. The Morgan fingerprint density at radius 3 is 1.77 bits per heavy atom. The Labute approximate surface area is 785 Å². The van der Waals surface area contributed by atoms with Gasteiger partial charge >= 0.3 is 0 Å². The molecular formula is C91H129F2N23O18S. The molecule has 16 amide bonds. The molecule has 736 valence electrons. The first-order valence-corrected chi connectivity index (χ1v) is 45.8. The van der Waals surface area contributed by atoms with Crippen LogP contribution in [0.2, 0.25) is 0 Å². The van der Waals surface area contributed by atoms with Crippen molar-refractivity contribution in [3.05, 3.63) is 126 Å². The van der Waals surface area contributed by atoms with E-state index in [1.165, 1.54) is 40.6 Å². The zero-order valence-electron chi connectivity index (χ0n) is 76.7. The van der Waals surface area contributed by atoms with Crippen LogP contribution in [-0.4, -0.2) is 301 Å². The second kappa shape index (κ2) is 52.3. The van der Waals surface area contributed by atoms with Crippen molar-refractivity contribution in [1.82, 2.24) is 97.6 Å². The number of carbonyl (C=O) groups is 17. The third-order valence-corrected chi connectivity index (χ3v) is 24.6. The zero-order valence-corrected chi connectivity index (χ0v) is 77.5. The molecule has 3 aromatic heterocycles. The minimum absolute atomic E-state index is 0. The molecule has 0 saturated carbocycles. The Kier molecular flexibility index (Phi) is 42.1. The van der Waals surface area contributed by atoms with Gasteiger partial charge in [0, 0.05) is 125 Å². The van der Waals surface area contributed by atoms with Crippen molar-refractivity contribution >= 4 is 140 Å². The lowest BCUT2D eigenvalue weighted by atomic mass is 9.92. The van der Waals surface area contributed by atoms with E-state index in [-0.39, 0.29) is 96.2 Å². The molecule has 6 aromatic rings. The van der Waals surface area contributed by atoms with Gasteiger partial charge < -0.3 is 115 Å². The normalized spacial score (nSPS) is 23.2. The summed E-state index contributed by atoms with van der Waals surface area (Å²) in [6, 6.07) is -2.04. The quantitative estimate of drug-likeness (QED) is 0.0191. The molecule has 135 heavy (non-hydrogen) atoms. The number of aliphatic hydroxyl groups is 1. The fraction of sp³-hybridized carbons (Fsp3) is 0.527. The monoisotopic (exact) mass is 1900 g/mol. The Balaban J connectivity index is 0.0000249. The molecule has 0 radical (unpaired) electrons. The molecule has 2 saturated heterocycles. The van der Waals surface area contributed by atoms with Crippen LogP contribution < -0.4 is 70.4 Å². The molecule has 2 aliphatic rings. The van der Waals surface area contributed by atoms with E-state index in [1.807, 2.05) is 13.8 Å². The Morgan fingerprint density at radius 2 is 1.16 bits per heavy atom. The molecule has 2 aliphatic heterocycles. The zero-order chi connectivity index (χ0) is 98.3. The minimum Gasteiger partial charge on any atom is -0.394 e. The SMILES string of the molecule is C.CCCC[C@H]1C(=O)N(C)[C@@H](CCCC)C(=O)N[C@@H](CCCNC(=N)N)C(=O)N[C@H](C(=O)NCC(N)=O)CSCC(=O)N[C@@H](Cc2ccc(F)c(F)c2)C(=O)N(C)[C@@H](C)C(=O)N[C@@H](CC(N)=O)C(=O)N2CCC[C@H]2C(=O)N[C@@H](Cc2cnc[nH]2)C(=O)N[C@@H](CC(C)C)C(=O)N(C)CC(=O)C[C@@H](Cc2c[nH]c3ccccc23)C(=O)N[C@@H](CO)C(=O)N[C@@H](Cc2c[nH]c3ccccc23)C(=O)N1C. The molecule has 3 aromatic carbocycles. The Hall–Kier alpha value is -13.4. The van der Waals surface area contributed by atoms with Gasteiger partial charge in [0.25, 0.3) is 0 Å².